The van der Waals surface area contributed by atoms with Crippen molar-refractivity contribution in [2.24, 2.45) is 0 Å². The highest BCUT2D eigenvalue weighted by molar-refractivity contribution is 6.64. The van der Waals surface area contributed by atoms with Gasteiger partial charge in [-0.3, -0.25) is 0 Å². The van der Waals surface area contributed by atoms with Gasteiger partial charge in [-0.2, -0.15) is 5.26 Å². The van der Waals surface area contributed by atoms with Crippen molar-refractivity contribution in [2.45, 2.75) is 6.82 Å². The molecule has 0 unspecified atom stereocenters. The van der Waals surface area contributed by atoms with E-state index < -0.39 is 6.92 Å². The molecule has 2 nitrogen and oxygen atoms in total. The van der Waals surface area contributed by atoms with Crippen molar-refractivity contribution in [3.05, 3.63) is 29.8 Å². The first-order valence-corrected chi connectivity index (χ1v) is 3.42. The van der Waals surface area contributed by atoms with Crippen LogP contribution in [0.3, 0.4) is 0 Å². The van der Waals surface area contributed by atoms with Gasteiger partial charge in [-0.15, -0.1) is 0 Å². The van der Waals surface area contributed by atoms with E-state index in [0.29, 0.717) is 5.56 Å². The maximum atomic E-state index is 9.10. The van der Waals surface area contributed by atoms with Crippen LogP contribution in [0.1, 0.15) is 5.56 Å². The standard InChI is InChI=1S/C8H8BNO/c1-9(11)8-4-2-7(6-10)3-5-8/h2-5,11H,1H3. The summed E-state index contributed by atoms with van der Waals surface area (Å²) >= 11 is 0. The van der Waals surface area contributed by atoms with Crippen LogP contribution in [0.2, 0.25) is 6.82 Å². The molecule has 0 bridgehead atoms. The van der Waals surface area contributed by atoms with Crippen molar-refractivity contribution < 1.29 is 5.02 Å². The molecular weight excluding hydrogens is 137 g/mol. The molecule has 0 radical (unpaired) electrons. The maximum absolute atomic E-state index is 9.10. The molecule has 0 spiro atoms. The predicted octanol–water partition coefficient (Wildman–Crippen LogP) is 0.379. The Balaban J connectivity index is 2.94. The van der Waals surface area contributed by atoms with E-state index in [4.69, 9.17) is 10.3 Å². The fourth-order valence-corrected chi connectivity index (χ4v) is 0.836. The Morgan fingerprint density at radius 2 is 1.91 bits per heavy atom. The molecule has 0 aliphatic rings. The summed E-state index contributed by atoms with van der Waals surface area (Å²) in [5, 5.41) is 17.6. The van der Waals surface area contributed by atoms with Crippen LogP contribution in [0.5, 0.6) is 0 Å². The minimum Gasteiger partial charge on any atom is -0.447 e. The number of nitriles is 1. The van der Waals surface area contributed by atoms with Crippen LogP contribution in [-0.2, 0) is 0 Å². The first kappa shape index (κ1) is 7.84. The van der Waals surface area contributed by atoms with Crippen LogP contribution in [-0.4, -0.2) is 11.9 Å². The average molecular weight is 145 g/mol. The minimum atomic E-state index is -0.456. The highest BCUT2D eigenvalue weighted by Gasteiger charge is 2.04. The third kappa shape index (κ3) is 1.82. The monoisotopic (exact) mass is 145 g/mol. The van der Waals surface area contributed by atoms with Crippen LogP contribution in [0.4, 0.5) is 0 Å². The molecule has 0 saturated carbocycles. The quantitative estimate of drug-likeness (QED) is 0.580. The predicted molar refractivity (Wildman–Crippen MR) is 44.6 cm³/mol. The summed E-state index contributed by atoms with van der Waals surface area (Å²) in [5.41, 5.74) is 1.46. The molecule has 1 aromatic carbocycles. The summed E-state index contributed by atoms with van der Waals surface area (Å²) in [5.74, 6) is 0. The molecule has 54 valence electrons. The van der Waals surface area contributed by atoms with Gasteiger partial charge in [-0.05, 0) is 17.6 Å². The van der Waals surface area contributed by atoms with Gasteiger partial charge in [0.1, 0.15) is 0 Å². The second-order valence-electron chi connectivity index (χ2n) is 2.41. The molecule has 0 aliphatic carbocycles. The molecule has 0 atom stereocenters. The first-order chi connectivity index (χ1) is 5.24. The summed E-state index contributed by atoms with van der Waals surface area (Å²) in [6.45, 7) is 1.24. The molecule has 3 heteroatoms. The van der Waals surface area contributed by atoms with Crippen molar-refractivity contribution in [1.29, 1.82) is 5.26 Å². The van der Waals surface area contributed by atoms with E-state index in [0.717, 1.165) is 5.46 Å². The lowest BCUT2D eigenvalue weighted by Crippen LogP contribution is -2.25. The van der Waals surface area contributed by atoms with Gasteiger partial charge >= 0.3 is 6.92 Å². The van der Waals surface area contributed by atoms with E-state index in [1.54, 1.807) is 31.1 Å². The minimum absolute atomic E-state index is 0.456. The second kappa shape index (κ2) is 3.22. The van der Waals surface area contributed by atoms with Gasteiger partial charge in [-0.25, -0.2) is 0 Å². The Bertz CT molecular complexity index is 273. The largest absolute Gasteiger partial charge is 0.447 e. The zero-order valence-electron chi connectivity index (χ0n) is 6.28. The first-order valence-electron chi connectivity index (χ1n) is 3.42. The van der Waals surface area contributed by atoms with E-state index in [-0.39, 0.29) is 0 Å². The van der Waals surface area contributed by atoms with Gasteiger partial charge in [0, 0.05) is 0 Å². The summed E-state index contributed by atoms with van der Waals surface area (Å²) in [4.78, 5) is 0. The number of benzene rings is 1. The van der Waals surface area contributed by atoms with Crippen LogP contribution in [0.25, 0.3) is 0 Å². The van der Waals surface area contributed by atoms with E-state index in [1.807, 2.05) is 6.07 Å². The molecule has 1 rings (SSSR count). The Kier molecular flexibility index (Phi) is 2.30. The lowest BCUT2D eigenvalue weighted by atomic mass is 9.64. The summed E-state index contributed by atoms with van der Waals surface area (Å²) in [7, 11) is 0. The maximum Gasteiger partial charge on any atom is 0.320 e. The van der Waals surface area contributed by atoms with Gasteiger partial charge in [0.15, 0.2) is 0 Å². The Morgan fingerprint density at radius 3 is 2.27 bits per heavy atom. The summed E-state index contributed by atoms with van der Waals surface area (Å²) < 4.78 is 0. The van der Waals surface area contributed by atoms with Crippen LogP contribution in [0, 0.1) is 11.3 Å². The van der Waals surface area contributed by atoms with Gasteiger partial charge in [0.25, 0.3) is 0 Å². The van der Waals surface area contributed by atoms with E-state index in [9.17, 15) is 0 Å². The molecular formula is C8H8BNO. The van der Waals surface area contributed by atoms with Crippen molar-refractivity contribution in [1.82, 2.24) is 0 Å². The van der Waals surface area contributed by atoms with Crippen LogP contribution >= 0.6 is 0 Å². The molecule has 0 fully saturated rings. The number of hydrogen-bond acceptors (Lipinski definition) is 2. The summed E-state index contributed by atoms with van der Waals surface area (Å²) in [6.07, 6.45) is 0. The third-order valence-electron chi connectivity index (χ3n) is 1.52. The smallest absolute Gasteiger partial charge is 0.320 e. The summed E-state index contributed by atoms with van der Waals surface area (Å²) in [6, 6.07) is 8.91. The van der Waals surface area contributed by atoms with E-state index >= 15 is 0 Å². The highest BCUT2D eigenvalue weighted by atomic mass is 16.2. The zero-order valence-corrected chi connectivity index (χ0v) is 6.28. The lowest BCUT2D eigenvalue weighted by molar-refractivity contribution is 0.594. The average Bonchev–Trinajstić information content (AvgIpc) is 2.05. The third-order valence-corrected chi connectivity index (χ3v) is 1.52. The normalized spacial score (nSPS) is 8.82. The molecule has 0 aliphatic heterocycles. The molecule has 0 saturated heterocycles. The zero-order chi connectivity index (χ0) is 8.27. The van der Waals surface area contributed by atoms with Crippen LogP contribution in [0.15, 0.2) is 24.3 Å². The Hall–Kier alpha value is -1.27. The Morgan fingerprint density at radius 1 is 1.36 bits per heavy atom. The van der Waals surface area contributed by atoms with Gasteiger partial charge in [-0.1, -0.05) is 19.0 Å². The number of nitrogens with zero attached hydrogens (tertiary/aromatic N) is 1. The molecule has 1 aromatic rings. The number of hydrogen-bond donors (Lipinski definition) is 1. The fourth-order valence-electron chi connectivity index (χ4n) is 0.836. The topological polar surface area (TPSA) is 44.0 Å². The molecule has 0 heterocycles. The van der Waals surface area contributed by atoms with Crippen molar-refractivity contribution in [3.8, 4) is 6.07 Å². The van der Waals surface area contributed by atoms with Gasteiger partial charge < -0.3 is 5.02 Å². The van der Waals surface area contributed by atoms with Crippen LogP contribution < -0.4 is 5.46 Å². The highest BCUT2D eigenvalue weighted by Crippen LogP contribution is 1.93. The van der Waals surface area contributed by atoms with E-state index in [2.05, 4.69) is 0 Å². The Labute approximate surface area is 66.2 Å². The van der Waals surface area contributed by atoms with Crippen molar-refractivity contribution in [3.63, 3.8) is 0 Å². The molecule has 0 aromatic heterocycles. The van der Waals surface area contributed by atoms with Crippen molar-refractivity contribution in [2.75, 3.05) is 0 Å². The van der Waals surface area contributed by atoms with Gasteiger partial charge in [0.05, 0.1) is 11.6 Å². The fraction of sp³-hybridized carbons (Fsp3) is 0.125. The number of rotatable bonds is 1. The van der Waals surface area contributed by atoms with Crippen molar-refractivity contribution >= 4 is 12.4 Å². The van der Waals surface area contributed by atoms with E-state index in [1.165, 1.54) is 0 Å². The SMILES string of the molecule is CB(O)c1ccc(C#N)cc1. The molecule has 11 heavy (non-hydrogen) atoms. The molecule has 0 amide bonds. The lowest BCUT2D eigenvalue weighted by Gasteiger charge is -1.98. The molecule has 1 N–H and O–H groups in total. The second-order valence-corrected chi connectivity index (χ2v) is 2.41. The van der Waals surface area contributed by atoms with Gasteiger partial charge in [0.2, 0.25) is 0 Å².